The van der Waals surface area contributed by atoms with Gasteiger partial charge < -0.3 is 14.9 Å². The molecule has 4 rings (SSSR count). The molecule has 11 heteroatoms. The molecule has 2 heterocycles. The molecule has 1 aromatic heterocycles. The van der Waals surface area contributed by atoms with Crippen LogP contribution in [0.4, 0.5) is 13.2 Å². The summed E-state index contributed by atoms with van der Waals surface area (Å²) in [4.78, 5) is 12.5. The van der Waals surface area contributed by atoms with E-state index in [-0.39, 0.29) is 17.2 Å². The normalized spacial score (nSPS) is 24.8. The Morgan fingerprint density at radius 1 is 1.18 bits per heavy atom. The summed E-state index contributed by atoms with van der Waals surface area (Å²) in [6.07, 6.45) is -0.493. The Labute approximate surface area is 197 Å². The Bertz CT molecular complexity index is 1180. The number of thioether (sulfide) groups is 1. The first-order chi connectivity index (χ1) is 16.3. The summed E-state index contributed by atoms with van der Waals surface area (Å²) >= 11 is 1.12. The van der Waals surface area contributed by atoms with Crippen molar-refractivity contribution in [1.29, 1.82) is 0 Å². The van der Waals surface area contributed by atoms with Gasteiger partial charge in [-0.25, -0.2) is 17.9 Å². The Kier molecular flexibility index (Phi) is 7.36. The molecule has 5 atom stereocenters. The number of ketones is 1. The van der Waals surface area contributed by atoms with E-state index in [0.29, 0.717) is 11.3 Å². The molecule has 1 aliphatic rings. The van der Waals surface area contributed by atoms with Crippen molar-refractivity contribution in [2.75, 3.05) is 12.4 Å². The molecule has 180 valence electrons. The summed E-state index contributed by atoms with van der Waals surface area (Å²) in [5.41, 5.74) is 0.327. The van der Waals surface area contributed by atoms with Gasteiger partial charge in [-0.1, -0.05) is 24.3 Å². The molecule has 2 N–H and O–H groups in total. The van der Waals surface area contributed by atoms with Gasteiger partial charge in [0.15, 0.2) is 17.4 Å². The minimum atomic E-state index is -1.12. The molecular formula is C23H22F3N3O4S. The van der Waals surface area contributed by atoms with E-state index in [1.54, 1.807) is 25.3 Å². The third kappa shape index (κ3) is 5.02. The second kappa shape index (κ2) is 10.3. The summed E-state index contributed by atoms with van der Waals surface area (Å²) in [6, 6.07) is 8.15. The highest BCUT2D eigenvalue weighted by Crippen LogP contribution is 2.39. The van der Waals surface area contributed by atoms with E-state index in [1.165, 1.54) is 22.9 Å². The summed E-state index contributed by atoms with van der Waals surface area (Å²) < 4.78 is 47.5. The largest absolute Gasteiger partial charge is 0.394 e. The Morgan fingerprint density at radius 2 is 1.97 bits per heavy atom. The van der Waals surface area contributed by atoms with Crippen molar-refractivity contribution >= 4 is 17.5 Å². The van der Waals surface area contributed by atoms with Crippen LogP contribution in [0.3, 0.4) is 0 Å². The number of nitrogens with zero attached hydrogens (tertiary/aromatic N) is 3. The van der Waals surface area contributed by atoms with Crippen LogP contribution in [0.2, 0.25) is 0 Å². The van der Waals surface area contributed by atoms with E-state index in [2.05, 4.69) is 10.3 Å². The van der Waals surface area contributed by atoms with Crippen molar-refractivity contribution in [2.45, 2.75) is 30.6 Å². The van der Waals surface area contributed by atoms with Crippen molar-refractivity contribution in [1.82, 2.24) is 15.0 Å². The predicted octanol–water partition coefficient (Wildman–Crippen LogP) is 3.23. The van der Waals surface area contributed by atoms with Crippen LogP contribution in [0.1, 0.15) is 23.3 Å². The van der Waals surface area contributed by atoms with Gasteiger partial charge in [0.2, 0.25) is 0 Å². The lowest BCUT2D eigenvalue weighted by Gasteiger charge is -2.42. The maximum absolute atomic E-state index is 13.6. The summed E-state index contributed by atoms with van der Waals surface area (Å²) in [5.74, 6) is -3.47. The fourth-order valence-corrected chi connectivity index (χ4v) is 5.09. The maximum atomic E-state index is 13.6. The van der Waals surface area contributed by atoms with Crippen molar-refractivity contribution in [2.24, 2.45) is 5.92 Å². The first-order valence-corrected chi connectivity index (χ1v) is 11.6. The number of halogens is 3. The highest BCUT2D eigenvalue weighted by molar-refractivity contribution is 8.00. The number of carbonyl (C=O) groups is 1. The van der Waals surface area contributed by atoms with E-state index < -0.39 is 53.5 Å². The molecule has 0 spiro atoms. The molecule has 0 aliphatic carbocycles. The number of rotatable bonds is 7. The summed E-state index contributed by atoms with van der Waals surface area (Å²) in [5, 5.41) is 28.7. The average Bonchev–Trinajstić information content (AvgIpc) is 3.30. The zero-order valence-electron chi connectivity index (χ0n) is 18.0. The number of hydrogen-bond acceptors (Lipinski definition) is 7. The number of hydrogen-bond donors (Lipinski definition) is 2. The van der Waals surface area contributed by atoms with Gasteiger partial charge in [-0.15, -0.1) is 16.9 Å². The minimum Gasteiger partial charge on any atom is -0.394 e. The highest BCUT2D eigenvalue weighted by Gasteiger charge is 2.44. The molecule has 34 heavy (non-hydrogen) atoms. The fourth-order valence-electron chi connectivity index (χ4n) is 3.92. The Balaban J connectivity index is 1.52. The standard InChI is InChI=1S/C23H22F3N3O4S/c1-12-21(29-9-18(27-28-29)13-3-2-4-15(24)7-13)22(32)20(10-30)33-23(12)34-11-19(31)14-5-6-16(25)17(26)8-14/h2-9,12,20-23,30,32H,10-11H2,1H3/t12-,20-,21-,22+,23?/m1/s1. The molecule has 0 amide bonds. The predicted molar refractivity (Wildman–Crippen MR) is 119 cm³/mol. The van der Waals surface area contributed by atoms with Gasteiger partial charge in [0.05, 0.1) is 24.6 Å². The topological polar surface area (TPSA) is 97.5 Å². The van der Waals surface area contributed by atoms with E-state index in [1.807, 2.05) is 0 Å². The highest BCUT2D eigenvalue weighted by atomic mass is 32.2. The van der Waals surface area contributed by atoms with Gasteiger partial charge in [0.1, 0.15) is 29.2 Å². The molecule has 1 aliphatic heterocycles. The van der Waals surface area contributed by atoms with Crippen LogP contribution in [0.25, 0.3) is 11.3 Å². The molecule has 0 bridgehead atoms. The maximum Gasteiger partial charge on any atom is 0.172 e. The zero-order chi connectivity index (χ0) is 24.4. The average molecular weight is 494 g/mol. The number of aromatic nitrogens is 3. The second-order valence-electron chi connectivity index (χ2n) is 8.02. The number of aliphatic hydroxyl groups excluding tert-OH is 2. The molecule has 1 fully saturated rings. The third-order valence-corrected chi connectivity index (χ3v) is 7.04. The summed E-state index contributed by atoms with van der Waals surface area (Å²) in [7, 11) is 0. The van der Waals surface area contributed by atoms with Crippen LogP contribution in [-0.4, -0.2) is 61.0 Å². The molecule has 3 aromatic rings. The molecular weight excluding hydrogens is 471 g/mol. The van der Waals surface area contributed by atoms with Gasteiger partial charge in [-0.05, 0) is 30.3 Å². The van der Waals surface area contributed by atoms with Crippen LogP contribution in [-0.2, 0) is 4.74 Å². The van der Waals surface area contributed by atoms with Gasteiger partial charge in [0.25, 0.3) is 0 Å². The van der Waals surface area contributed by atoms with Gasteiger partial charge in [-0.3, -0.25) is 4.79 Å². The van der Waals surface area contributed by atoms with Crippen LogP contribution >= 0.6 is 11.8 Å². The van der Waals surface area contributed by atoms with E-state index in [9.17, 15) is 28.2 Å². The quantitative estimate of drug-likeness (QED) is 0.488. The number of benzene rings is 2. The molecule has 7 nitrogen and oxygen atoms in total. The summed E-state index contributed by atoms with van der Waals surface area (Å²) in [6.45, 7) is 1.33. The first kappa shape index (κ1) is 24.4. The third-order valence-electron chi connectivity index (χ3n) is 5.74. The monoisotopic (exact) mass is 493 g/mol. The molecule has 0 saturated carbocycles. The lowest BCUT2D eigenvalue weighted by atomic mass is 9.91. The molecule has 2 aromatic carbocycles. The Morgan fingerprint density at radius 3 is 2.68 bits per heavy atom. The number of carbonyl (C=O) groups excluding carboxylic acids is 1. The van der Waals surface area contributed by atoms with Crippen molar-refractivity contribution in [3.05, 3.63) is 71.7 Å². The first-order valence-electron chi connectivity index (χ1n) is 10.5. The van der Waals surface area contributed by atoms with Crippen molar-refractivity contribution in [3.8, 4) is 11.3 Å². The zero-order valence-corrected chi connectivity index (χ0v) is 18.8. The van der Waals surface area contributed by atoms with E-state index >= 15 is 0 Å². The SMILES string of the molecule is C[C@H]1C(SCC(=O)c2ccc(F)c(F)c2)O[C@H](CO)[C@H](O)[C@@H]1n1cc(-c2cccc(F)c2)nn1. The lowest BCUT2D eigenvalue weighted by molar-refractivity contribution is -0.153. The fraction of sp³-hybridized carbons (Fsp3) is 0.348. The van der Waals surface area contributed by atoms with E-state index in [0.717, 1.165) is 23.9 Å². The van der Waals surface area contributed by atoms with Crippen molar-refractivity contribution in [3.63, 3.8) is 0 Å². The number of ether oxygens (including phenoxy) is 1. The molecule has 0 radical (unpaired) electrons. The second-order valence-corrected chi connectivity index (χ2v) is 9.11. The van der Waals surface area contributed by atoms with Crippen LogP contribution in [0, 0.1) is 23.4 Å². The van der Waals surface area contributed by atoms with E-state index in [4.69, 9.17) is 4.74 Å². The number of aliphatic hydroxyl groups is 2. The smallest absolute Gasteiger partial charge is 0.172 e. The van der Waals surface area contributed by atoms with Crippen LogP contribution in [0.15, 0.2) is 48.7 Å². The van der Waals surface area contributed by atoms with Gasteiger partial charge in [-0.2, -0.15) is 0 Å². The van der Waals surface area contributed by atoms with Gasteiger partial charge >= 0.3 is 0 Å². The number of Topliss-reactive ketones (excluding diaryl/α,β-unsaturated/α-hetero) is 1. The van der Waals surface area contributed by atoms with Crippen molar-refractivity contribution < 1.29 is 32.9 Å². The van der Waals surface area contributed by atoms with Crippen LogP contribution in [0.5, 0.6) is 0 Å². The van der Waals surface area contributed by atoms with Gasteiger partial charge in [0, 0.05) is 17.0 Å². The lowest BCUT2D eigenvalue weighted by Crippen LogP contribution is -2.51. The minimum absolute atomic E-state index is 0.0289. The molecule has 1 unspecified atom stereocenters. The molecule has 1 saturated heterocycles. The van der Waals surface area contributed by atoms with Crippen LogP contribution < -0.4 is 0 Å². The Hall–Kier alpha value is -2.73.